The van der Waals surface area contributed by atoms with Gasteiger partial charge in [-0.2, -0.15) is 4.31 Å². The molecule has 0 N–H and O–H groups in total. The van der Waals surface area contributed by atoms with Gasteiger partial charge >= 0.3 is 0 Å². The van der Waals surface area contributed by atoms with Crippen LogP contribution < -0.4 is 4.74 Å². The van der Waals surface area contributed by atoms with Crippen LogP contribution in [0.2, 0.25) is 0 Å². The summed E-state index contributed by atoms with van der Waals surface area (Å²) in [5.41, 5.74) is 0.204. The van der Waals surface area contributed by atoms with Crippen LogP contribution in [0.5, 0.6) is 5.75 Å². The van der Waals surface area contributed by atoms with Crippen LogP contribution in [0.25, 0.3) is 0 Å². The molecule has 5 rings (SSSR count). The quantitative estimate of drug-likeness (QED) is 0.689. The normalized spacial score (nSPS) is 23.4. The zero-order valence-corrected chi connectivity index (χ0v) is 18.8. The van der Waals surface area contributed by atoms with Gasteiger partial charge in [-0.1, -0.05) is 18.2 Å². The topological polar surface area (TPSA) is 79.4 Å². The summed E-state index contributed by atoms with van der Waals surface area (Å²) in [7, 11) is -1.96. The van der Waals surface area contributed by atoms with Crippen molar-refractivity contribution in [3.8, 4) is 5.75 Å². The third-order valence-corrected chi connectivity index (χ3v) is 8.51. The molecule has 1 unspecified atom stereocenters. The Morgan fingerprint density at radius 1 is 1.06 bits per heavy atom. The van der Waals surface area contributed by atoms with Crippen molar-refractivity contribution in [2.45, 2.75) is 16.5 Å². The van der Waals surface area contributed by atoms with Crippen LogP contribution >= 0.6 is 0 Å². The third kappa shape index (κ3) is 3.59. The van der Waals surface area contributed by atoms with Crippen LogP contribution in [0.4, 0.5) is 0 Å². The number of ether oxygens (including phenoxy) is 2. The number of amides is 1. The molecular weight excluding hydrogens is 430 g/mol. The lowest BCUT2D eigenvalue weighted by atomic mass is 9.84. The van der Waals surface area contributed by atoms with Crippen molar-refractivity contribution in [2.75, 3.05) is 53.0 Å². The molecule has 1 spiro atoms. The van der Waals surface area contributed by atoms with Gasteiger partial charge in [0.25, 0.3) is 5.91 Å². The van der Waals surface area contributed by atoms with Crippen LogP contribution in [0.3, 0.4) is 0 Å². The van der Waals surface area contributed by atoms with Crippen LogP contribution in [0.15, 0.2) is 59.5 Å². The summed E-state index contributed by atoms with van der Waals surface area (Å²) in [6, 6.07) is 15.7. The molecule has 3 aliphatic rings. The Morgan fingerprint density at radius 2 is 1.78 bits per heavy atom. The number of benzene rings is 2. The van der Waals surface area contributed by atoms with E-state index in [0.29, 0.717) is 55.6 Å². The van der Waals surface area contributed by atoms with Gasteiger partial charge < -0.3 is 14.4 Å². The van der Waals surface area contributed by atoms with Gasteiger partial charge in [0.05, 0.1) is 36.8 Å². The van der Waals surface area contributed by atoms with E-state index >= 15 is 0 Å². The number of rotatable bonds is 4. The van der Waals surface area contributed by atoms with E-state index < -0.39 is 15.6 Å². The maximum Gasteiger partial charge on any atom is 0.253 e. The lowest BCUT2D eigenvalue weighted by molar-refractivity contribution is -0.141. The second kappa shape index (κ2) is 8.15. The lowest BCUT2D eigenvalue weighted by Crippen LogP contribution is -2.81. The Hall–Kier alpha value is -2.46. The van der Waals surface area contributed by atoms with Crippen LogP contribution in [-0.4, -0.2) is 93.1 Å². The second-order valence-electron chi connectivity index (χ2n) is 8.65. The van der Waals surface area contributed by atoms with Crippen molar-refractivity contribution in [3.63, 3.8) is 0 Å². The summed E-state index contributed by atoms with van der Waals surface area (Å²) in [6.07, 6.45) is 0. The summed E-state index contributed by atoms with van der Waals surface area (Å²) in [4.78, 5) is 17.8. The predicted molar refractivity (Wildman–Crippen MR) is 118 cm³/mol. The fraction of sp³-hybridized carbons (Fsp3) is 0.435. The summed E-state index contributed by atoms with van der Waals surface area (Å²) in [5.74, 6) is 0.644. The van der Waals surface area contributed by atoms with Gasteiger partial charge in [-0.3, -0.25) is 9.69 Å². The molecule has 0 aromatic heterocycles. The minimum absolute atomic E-state index is 0.0541. The molecule has 32 heavy (non-hydrogen) atoms. The fourth-order valence-corrected chi connectivity index (χ4v) is 6.69. The molecule has 0 radical (unpaired) electrons. The first-order valence-electron chi connectivity index (χ1n) is 10.8. The van der Waals surface area contributed by atoms with E-state index in [-0.39, 0.29) is 11.9 Å². The van der Waals surface area contributed by atoms with E-state index in [4.69, 9.17) is 9.47 Å². The summed E-state index contributed by atoms with van der Waals surface area (Å²) in [5, 5.41) is 0. The number of nitrogens with zero attached hydrogens (tertiary/aromatic N) is 3. The number of carbonyl (C=O) groups excluding carboxylic acids is 1. The Labute approximate surface area is 188 Å². The molecule has 1 atom stereocenters. The average molecular weight is 458 g/mol. The SMILES string of the molecule is COc1ccc(C(=O)N2CC3COCCN3C3(C2)CN(S(=O)(=O)c2ccccc2)C3)cc1. The molecule has 2 aromatic rings. The summed E-state index contributed by atoms with van der Waals surface area (Å²) >= 11 is 0. The zero-order valence-electron chi connectivity index (χ0n) is 18.0. The van der Waals surface area contributed by atoms with Gasteiger partial charge in [0, 0.05) is 38.3 Å². The van der Waals surface area contributed by atoms with Crippen LogP contribution in [-0.2, 0) is 14.8 Å². The maximum atomic E-state index is 13.3. The van der Waals surface area contributed by atoms with Gasteiger partial charge in [0.15, 0.2) is 0 Å². The highest BCUT2D eigenvalue weighted by atomic mass is 32.2. The molecule has 8 nitrogen and oxygen atoms in total. The molecule has 1 amide bonds. The van der Waals surface area contributed by atoms with E-state index in [2.05, 4.69) is 4.90 Å². The smallest absolute Gasteiger partial charge is 0.253 e. The molecule has 9 heteroatoms. The van der Waals surface area contributed by atoms with E-state index in [1.165, 1.54) is 4.31 Å². The first-order chi connectivity index (χ1) is 15.4. The summed E-state index contributed by atoms with van der Waals surface area (Å²) < 4.78 is 38.6. The number of sulfonamides is 1. The molecule has 0 bridgehead atoms. The number of morpholine rings is 1. The monoisotopic (exact) mass is 457 g/mol. The summed E-state index contributed by atoms with van der Waals surface area (Å²) in [6.45, 7) is 3.71. The molecule has 3 aliphatic heterocycles. The van der Waals surface area contributed by atoms with E-state index in [1.807, 2.05) is 4.90 Å². The molecule has 3 saturated heterocycles. The van der Waals surface area contributed by atoms with Gasteiger partial charge in [-0.15, -0.1) is 0 Å². The van der Waals surface area contributed by atoms with Crippen molar-refractivity contribution in [2.24, 2.45) is 0 Å². The number of fused-ring (bicyclic) bond motifs is 2. The number of hydrogen-bond donors (Lipinski definition) is 0. The molecule has 0 aliphatic carbocycles. The highest BCUT2D eigenvalue weighted by Gasteiger charge is 2.57. The van der Waals surface area contributed by atoms with Crippen molar-refractivity contribution in [1.29, 1.82) is 0 Å². The van der Waals surface area contributed by atoms with Crippen molar-refractivity contribution in [3.05, 3.63) is 60.2 Å². The average Bonchev–Trinajstić information content (AvgIpc) is 2.82. The minimum atomic E-state index is -3.55. The Bertz CT molecular complexity index is 1080. The van der Waals surface area contributed by atoms with Gasteiger partial charge in [-0.25, -0.2) is 8.42 Å². The highest BCUT2D eigenvalue weighted by molar-refractivity contribution is 7.89. The zero-order chi connectivity index (χ0) is 22.3. The number of methoxy groups -OCH3 is 1. The molecule has 3 heterocycles. The lowest BCUT2D eigenvalue weighted by Gasteiger charge is -2.62. The van der Waals surface area contributed by atoms with Crippen LogP contribution in [0, 0.1) is 0 Å². The van der Waals surface area contributed by atoms with E-state index in [9.17, 15) is 13.2 Å². The standard InChI is InChI=1S/C23H27N3O5S/c1-30-20-9-7-18(8-10-20)22(27)24-13-19-14-31-12-11-26(19)23(15-24)16-25(17-23)32(28,29)21-5-3-2-4-6-21/h2-10,19H,11-17H2,1H3. The Balaban J connectivity index is 1.38. The van der Waals surface area contributed by atoms with E-state index in [1.54, 1.807) is 61.7 Å². The first kappa shape index (κ1) is 21.4. The highest BCUT2D eigenvalue weighted by Crippen LogP contribution is 2.38. The van der Waals surface area contributed by atoms with Crippen molar-refractivity contribution in [1.82, 2.24) is 14.1 Å². The third-order valence-electron chi connectivity index (χ3n) is 6.70. The fourth-order valence-electron chi connectivity index (χ4n) is 5.07. The number of hydrogen-bond acceptors (Lipinski definition) is 6. The van der Waals surface area contributed by atoms with Crippen molar-refractivity contribution >= 4 is 15.9 Å². The predicted octanol–water partition coefficient (Wildman–Crippen LogP) is 1.30. The number of piperazine rings is 1. The molecule has 2 aromatic carbocycles. The minimum Gasteiger partial charge on any atom is -0.497 e. The molecular formula is C23H27N3O5S. The van der Waals surface area contributed by atoms with E-state index in [0.717, 1.165) is 6.54 Å². The largest absolute Gasteiger partial charge is 0.497 e. The Kier molecular flexibility index (Phi) is 5.45. The molecule has 3 fully saturated rings. The number of carbonyl (C=O) groups is 1. The Morgan fingerprint density at radius 3 is 2.47 bits per heavy atom. The molecule has 0 saturated carbocycles. The molecule has 170 valence electrons. The second-order valence-corrected chi connectivity index (χ2v) is 10.6. The van der Waals surface area contributed by atoms with Crippen LogP contribution in [0.1, 0.15) is 10.4 Å². The first-order valence-corrected chi connectivity index (χ1v) is 12.2. The van der Waals surface area contributed by atoms with Crippen molar-refractivity contribution < 1.29 is 22.7 Å². The van der Waals surface area contributed by atoms with Gasteiger partial charge in [-0.05, 0) is 36.4 Å². The van der Waals surface area contributed by atoms with Gasteiger partial charge in [0.2, 0.25) is 10.0 Å². The maximum absolute atomic E-state index is 13.3. The van der Waals surface area contributed by atoms with Gasteiger partial charge in [0.1, 0.15) is 5.75 Å².